The maximum Gasteiger partial charge on any atom is 0.440 e. The highest BCUT2D eigenvalue weighted by atomic mass is 32.7. The SMILES string of the molecule is CCCSP(=O)(OCC)Oc1ccccc1OC(=O)NC.CCCSP(=O)(OCC)Oc1ccccc1OC(=O)NC. The summed E-state index contributed by atoms with van der Waals surface area (Å²) in [5.41, 5.74) is 0. The van der Waals surface area contributed by atoms with E-state index in [9.17, 15) is 18.7 Å². The fourth-order valence-corrected chi connectivity index (χ4v) is 9.57. The Bertz CT molecular complexity index is 1110. The third-order valence-electron chi connectivity index (χ3n) is 4.41. The molecule has 2 rings (SSSR count). The fourth-order valence-electron chi connectivity index (χ4n) is 2.66. The van der Waals surface area contributed by atoms with Gasteiger partial charge in [-0.1, -0.05) is 38.1 Å². The van der Waals surface area contributed by atoms with Gasteiger partial charge in [-0.15, -0.1) is 0 Å². The molecule has 0 saturated carbocycles. The zero-order valence-electron chi connectivity index (χ0n) is 24.7. The number of benzene rings is 2. The smallest absolute Gasteiger partial charge is 0.413 e. The molecule has 0 fully saturated rings. The predicted molar refractivity (Wildman–Crippen MR) is 168 cm³/mol. The van der Waals surface area contributed by atoms with Crippen molar-refractivity contribution < 1.29 is 46.3 Å². The molecule has 2 amide bonds. The first kappa shape index (κ1) is 37.7. The first-order chi connectivity index (χ1) is 20.1. The average molecular weight is 667 g/mol. The highest BCUT2D eigenvalue weighted by Crippen LogP contribution is 2.62. The van der Waals surface area contributed by atoms with E-state index >= 15 is 0 Å². The third-order valence-corrected chi connectivity index (χ3v) is 12.3. The Balaban J connectivity index is 0.000000420. The van der Waals surface area contributed by atoms with E-state index in [2.05, 4.69) is 10.6 Å². The monoisotopic (exact) mass is 666 g/mol. The first-order valence-corrected chi connectivity index (χ1v) is 19.5. The van der Waals surface area contributed by atoms with Crippen LogP contribution in [0.25, 0.3) is 0 Å². The van der Waals surface area contributed by atoms with Gasteiger partial charge < -0.3 is 29.2 Å². The molecule has 16 heteroatoms. The van der Waals surface area contributed by atoms with Crippen molar-refractivity contribution in [1.82, 2.24) is 10.6 Å². The fraction of sp³-hybridized carbons (Fsp3) is 0.462. The van der Waals surface area contributed by atoms with Crippen molar-refractivity contribution in [3.63, 3.8) is 0 Å². The molecule has 2 aromatic rings. The number of amides is 2. The van der Waals surface area contributed by atoms with Crippen molar-refractivity contribution >= 4 is 48.5 Å². The molecule has 0 radical (unpaired) electrons. The lowest BCUT2D eigenvalue weighted by atomic mass is 10.3. The van der Waals surface area contributed by atoms with Crippen molar-refractivity contribution in [2.75, 3.05) is 38.8 Å². The summed E-state index contributed by atoms with van der Waals surface area (Å²) in [7, 11) is 2.90. The van der Waals surface area contributed by atoms with E-state index in [0.29, 0.717) is 11.5 Å². The summed E-state index contributed by atoms with van der Waals surface area (Å²) in [6.07, 6.45) is 0.445. The second-order valence-corrected chi connectivity index (χ2v) is 16.0. The molecule has 0 bridgehead atoms. The number of hydrogen-bond donors (Lipinski definition) is 2. The summed E-state index contributed by atoms with van der Waals surface area (Å²) in [5, 5.41) is 4.68. The first-order valence-electron chi connectivity index (χ1n) is 13.2. The molecule has 236 valence electrons. The van der Waals surface area contributed by atoms with E-state index in [-0.39, 0.29) is 36.2 Å². The molecule has 2 aromatic carbocycles. The molecule has 0 aliphatic heterocycles. The van der Waals surface area contributed by atoms with Gasteiger partial charge in [0.15, 0.2) is 23.0 Å². The largest absolute Gasteiger partial charge is 0.440 e. The lowest BCUT2D eigenvalue weighted by Gasteiger charge is -2.19. The maximum atomic E-state index is 12.6. The summed E-state index contributed by atoms with van der Waals surface area (Å²) in [4.78, 5) is 22.6. The highest BCUT2D eigenvalue weighted by Gasteiger charge is 2.29. The van der Waals surface area contributed by atoms with E-state index < -0.39 is 25.8 Å². The number of para-hydroxylation sites is 4. The Kier molecular flexibility index (Phi) is 18.4. The minimum atomic E-state index is -3.33. The van der Waals surface area contributed by atoms with Crippen LogP contribution in [-0.4, -0.2) is 51.0 Å². The molecule has 0 aliphatic carbocycles. The van der Waals surface area contributed by atoms with Crippen LogP contribution in [-0.2, 0) is 18.2 Å². The Morgan fingerprint density at radius 2 is 0.976 bits per heavy atom. The number of rotatable bonds is 16. The number of hydrogen-bond acceptors (Lipinski definition) is 12. The van der Waals surface area contributed by atoms with Gasteiger partial charge in [-0.05, 0) is 73.7 Å². The molecule has 42 heavy (non-hydrogen) atoms. The van der Waals surface area contributed by atoms with Crippen LogP contribution in [0.4, 0.5) is 9.59 Å². The quantitative estimate of drug-likeness (QED) is 0.167. The second-order valence-electron chi connectivity index (χ2n) is 7.75. The van der Waals surface area contributed by atoms with Crippen LogP contribution in [0.15, 0.2) is 48.5 Å². The van der Waals surface area contributed by atoms with Crippen molar-refractivity contribution in [3.05, 3.63) is 48.5 Å². The summed E-state index contributed by atoms with van der Waals surface area (Å²) in [6.45, 7) is 1.32. The van der Waals surface area contributed by atoms with E-state index in [1.165, 1.54) is 14.1 Å². The van der Waals surface area contributed by atoms with Gasteiger partial charge in [-0.3, -0.25) is 9.05 Å². The van der Waals surface area contributed by atoms with Crippen LogP contribution in [0.5, 0.6) is 23.0 Å². The maximum absolute atomic E-state index is 12.6. The minimum Gasteiger partial charge on any atom is -0.413 e. The summed E-state index contributed by atoms with van der Waals surface area (Å²) < 4.78 is 56.9. The Morgan fingerprint density at radius 1 is 0.643 bits per heavy atom. The zero-order chi connectivity index (χ0) is 31.4. The van der Waals surface area contributed by atoms with E-state index in [1.54, 1.807) is 62.4 Å². The minimum absolute atomic E-state index is 0.189. The van der Waals surface area contributed by atoms with Gasteiger partial charge in [0.1, 0.15) is 0 Å². The molecular weight excluding hydrogens is 626 g/mol. The summed E-state index contributed by atoms with van der Waals surface area (Å²) in [5.74, 6) is 2.09. The van der Waals surface area contributed by atoms with E-state index in [1.807, 2.05) is 13.8 Å². The van der Waals surface area contributed by atoms with Gasteiger partial charge in [0.05, 0.1) is 13.2 Å². The van der Waals surface area contributed by atoms with E-state index in [0.717, 1.165) is 35.6 Å². The topological polar surface area (TPSA) is 148 Å². The lowest BCUT2D eigenvalue weighted by molar-refractivity contribution is 0.200. The molecule has 0 saturated heterocycles. The number of nitrogens with one attached hydrogen (secondary N) is 2. The Labute approximate surface area is 255 Å². The molecule has 0 aromatic heterocycles. The normalized spacial score (nSPS) is 13.3. The molecular formula is C26H40N2O10P2S2. The second kappa shape index (κ2) is 20.5. The standard InChI is InChI=1S/2C13H20NO5PS/c2*1-4-10-21-20(16,17-5-2)19-12-9-7-6-8-11(12)18-13(15)14-3/h2*6-9H,4-5,10H2,1-3H3,(H,14,15). The highest BCUT2D eigenvalue weighted by molar-refractivity contribution is 8.55. The number of carbonyl (C=O) groups excluding carboxylic acids is 2. The van der Waals surface area contributed by atoms with Crippen molar-refractivity contribution in [1.29, 1.82) is 0 Å². The van der Waals surface area contributed by atoms with Gasteiger partial charge in [0.2, 0.25) is 0 Å². The lowest BCUT2D eigenvalue weighted by Crippen LogP contribution is -2.22. The molecule has 2 N–H and O–H groups in total. The molecule has 2 unspecified atom stereocenters. The van der Waals surface area contributed by atoms with Crippen molar-refractivity contribution in [3.8, 4) is 23.0 Å². The van der Waals surface area contributed by atoms with Crippen LogP contribution < -0.4 is 29.2 Å². The zero-order valence-corrected chi connectivity index (χ0v) is 28.1. The van der Waals surface area contributed by atoms with E-state index in [4.69, 9.17) is 27.6 Å². The average Bonchev–Trinajstić information content (AvgIpc) is 2.97. The van der Waals surface area contributed by atoms with Crippen molar-refractivity contribution in [2.45, 2.75) is 40.5 Å². The predicted octanol–water partition coefficient (Wildman–Crippen LogP) is 8.14. The van der Waals surface area contributed by atoms with Crippen LogP contribution in [0.1, 0.15) is 40.5 Å². The Hall–Kier alpha value is -2.34. The van der Waals surface area contributed by atoms with Gasteiger partial charge in [-0.25, -0.2) is 18.7 Å². The van der Waals surface area contributed by atoms with Gasteiger partial charge in [-0.2, -0.15) is 0 Å². The van der Waals surface area contributed by atoms with Crippen LogP contribution in [0, 0.1) is 0 Å². The molecule has 2 atom stereocenters. The summed E-state index contributed by atoms with van der Waals surface area (Å²) >= 11 is 2.26. The van der Waals surface area contributed by atoms with Crippen LogP contribution in [0.3, 0.4) is 0 Å². The van der Waals surface area contributed by atoms with Crippen molar-refractivity contribution in [2.24, 2.45) is 0 Å². The van der Waals surface area contributed by atoms with Crippen LogP contribution >= 0.6 is 36.4 Å². The van der Waals surface area contributed by atoms with Gasteiger partial charge >= 0.3 is 25.8 Å². The van der Waals surface area contributed by atoms with Crippen LogP contribution in [0.2, 0.25) is 0 Å². The molecule has 12 nitrogen and oxygen atoms in total. The number of carbonyl (C=O) groups is 2. The summed E-state index contributed by atoms with van der Waals surface area (Å²) in [6, 6.07) is 13.1. The van der Waals surface area contributed by atoms with Gasteiger partial charge in [0.25, 0.3) is 0 Å². The molecule has 0 spiro atoms. The Morgan fingerprint density at radius 3 is 1.26 bits per heavy atom. The molecule has 0 heterocycles. The number of ether oxygens (including phenoxy) is 2. The van der Waals surface area contributed by atoms with Gasteiger partial charge in [0, 0.05) is 25.6 Å². The third kappa shape index (κ3) is 14.2. The molecule has 0 aliphatic rings.